The Morgan fingerprint density at radius 1 is 1.80 bits per heavy atom. The molecule has 4 heteroatoms. The Balaban J connectivity index is 0. The van der Waals surface area contributed by atoms with E-state index in [-0.39, 0.29) is 21.1 Å². The molecule has 0 aliphatic rings. The number of nitrogens with two attached hydrogens (primary N) is 1. The molecule has 5 heavy (non-hydrogen) atoms. The van der Waals surface area contributed by atoms with Crippen LogP contribution in [-0.2, 0) is 21.1 Å². The van der Waals surface area contributed by atoms with Crippen LogP contribution in [0.2, 0.25) is 0 Å². The molecule has 0 aromatic rings. The van der Waals surface area contributed by atoms with Gasteiger partial charge in [0.25, 0.3) is 5.24 Å². The van der Waals surface area contributed by atoms with Crippen LogP contribution in [-0.4, -0.2) is 5.24 Å². The van der Waals surface area contributed by atoms with Crippen LogP contribution >= 0.6 is 12.6 Å². The van der Waals surface area contributed by atoms with E-state index in [1.165, 1.54) is 0 Å². The van der Waals surface area contributed by atoms with Gasteiger partial charge in [0, 0.05) is 21.1 Å². The number of hydrogen-bond acceptors (Lipinski definition) is 1. The molecule has 34 valence electrons. The molecule has 0 aromatic carbocycles. The third-order valence-electron chi connectivity index (χ3n) is 0. The first-order chi connectivity index (χ1) is 1.73. The quantitative estimate of drug-likeness (QED) is 0.599. The molecular formula is CH3NOPtS. The van der Waals surface area contributed by atoms with Gasteiger partial charge in [-0.3, -0.25) is 4.79 Å². The summed E-state index contributed by atoms with van der Waals surface area (Å²) in [6, 6.07) is 0. The van der Waals surface area contributed by atoms with E-state index in [2.05, 4.69) is 18.4 Å². The Kier molecular flexibility index (Phi) is 8.20. The molecule has 0 radical (unpaired) electrons. The zero-order chi connectivity index (χ0) is 3.58. The first-order valence-corrected chi connectivity index (χ1v) is 1.16. The molecule has 1 amide bonds. The molecule has 0 saturated heterocycles. The summed E-state index contributed by atoms with van der Waals surface area (Å²) in [5.74, 6) is 0. The molecule has 0 aliphatic heterocycles. The normalized spacial score (nSPS) is 5.00. The largest absolute Gasteiger partial charge is 0.361 e. The van der Waals surface area contributed by atoms with Crippen molar-refractivity contribution in [3.05, 3.63) is 0 Å². The predicted octanol–water partition coefficient (Wildman–Crippen LogP) is -0.00760. The van der Waals surface area contributed by atoms with E-state index in [4.69, 9.17) is 4.79 Å². The average Bonchev–Trinajstić information content (AvgIpc) is 0.811. The van der Waals surface area contributed by atoms with Crippen molar-refractivity contribution in [1.82, 2.24) is 0 Å². The second-order valence-corrected chi connectivity index (χ2v) is 0.779. The van der Waals surface area contributed by atoms with Crippen molar-refractivity contribution < 1.29 is 25.9 Å². The number of carbonyl (C=O) groups excluding carboxylic acids is 1. The molecule has 0 heterocycles. The summed E-state index contributed by atoms with van der Waals surface area (Å²) >= 11 is 3.10. The molecule has 0 bridgehead atoms. The van der Waals surface area contributed by atoms with Gasteiger partial charge in [0.1, 0.15) is 0 Å². The van der Waals surface area contributed by atoms with Gasteiger partial charge in [-0.2, -0.15) is 0 Å². The number of primary amides is 1. The molecule has 0 atom stereocenters. The monoisotopic (exact) mass is 272 g/mol. The van der Waals surface area contributed by atoms with Gasteiger partial charge >= 0.3 is 0 Å². The molecule has 0 saturated carbocycles. The number of carbonyl (C=O) groups is 1. The smallest absolute Gasteiger partial charge is 0.273 e. The SMILES string of the molecule is NC(=O)S.[Pt]. The Labute approximate surface area is 49.8 Å². The van der Waals surface area contributed by atoms with Crippen LogP contribution in [0.25, 0.3) is 0 Å². The van der Waals surface area contributed by atoms with Gasteiger partial charge in [0.15, 0.2) is 0 Å². The fraction of sp³-hybridized carbons (Fsp3) is 0. The summed E-state index contributed by atoms with van der Waals surface area (Å²) in [6.45, 7) is 0. The molecule has 0 fully saturated rings. The van der Waals surface area contributed by atoms with Gasteiger partial charge in [-0.15, -0.1) is 0 Å². The summed E-state index contributed by atoms with van der Waals surface area (Å²) in [6.07, 6.45) is 0. The molecule has 0 spiro atoms. The van der Waals surface area contributed by atoms with E-state index in [0.717, 1.165) is 0 Å². The zero-order valence-electron chi connectivity index (χ0n) is 2.25. The van der Waals surface area contributed by atoms with E-state index in [1.807, 2.05) is 0 Å². The summed E-state index contributed by atoms with van der Waals surface area (Å²) in [5, 5.41) is -0.639. The Morgan fingerprint density at radius 3 is 1.80 bits per heavy atom. The second kappa shape index (κ2) is 4.51. The van der Waals surface area contributed by atoms with Gasteiger partial charge < -0.3 is 5.73 Å². The zero-order valence-corrected chi connectivity index (χ0v) is 5.42. The Hall–Kier alpha value is 0.508. The Bertz CT molecular complexity index is 34.6. The maximum absolute atomic E-state index is 9.09. The summed E-state index contributed by atoms with van der Waals surface area (Å²) in [5.41, 5.74) is 4.34. The van der Waals surface area contributed by atoms with Gasteiger partial charge in [0.05, 0.1) is 0 Å². The van der Waals surface area contributed by atoms with Crippen molar-refractivity contribution >= 4 is 17.9 Å². The van der Waals surface area contributed by atoms with Crippen molar-refractivity contribution in [3.63, 3.8) is 0 Å². The standard InChI is InChI=1S/CH3NOS.Pt/c2-1(3)4;/h(H3,2,3,4);. The van der Waals surface area contributed by atoms with Crippen LogP contribution in [0, 0.1) is 0 Å². The van der Waals surface area contributed by atoms with E-state index < -0.39 is 5.24 Å². The molecule has 2 N–H and O–H groups in total. The predicted molar refractivity (Wildman–Crippen MR) is 18.6 cm³/mol. The van der Waals surface area contributed by atoms with E-state index in [1.54, 1.807) is 0 Å². The molecular weight excluding hydrogens is 269 g/mol. The second-order valence-electron chi connectivity index (χ2n) is 0.338. The van der Waals surface area contributed by atoms with Crippen LogP contribution in [0.4, 0.5) is 4.79 Å². The van der Waals surface area contributed by atoms with Crippen LogP contribution in [0.15, 0.2) is 0 Å². The summed E-state index contributed by atoms with van der Waals surface area (Å²) in [7, 11) is 0. The van der Waals surface area contributed by atoms with E-state index in [9.17, 15) is 0 Å². The van der Waals surface area contributed by atoms with Crippen molar-refractivity contribution in [2.24, 2.45) is 5.73 Å². The van der Waals surface area contributed by atoms with Crippen molar-refractivity contribution in [3.8, 4) is 0 Å². The average molecular weight is 272 g/mol. The van der Waals surface area contributed by atoms with Crippen molar-refractivity contribution in [2.75, 3.05) is 0 Å². The fourth-order valence-electron chi connectivity index (χ4n) is 0. The summed E-state index contributed by atoms with van der Waals surface area (Å²) in [4.78, 5) is 9.09. The molecule has 0 aliphatic carbocycles. The Morgan fingerprint density at radius 2 is 1.80 bits per heavy atom. The fourth-order valence-corrected chi connectivity index (χ4v) is 0. The number of amides is 1. The maximum atomic E-state index is 9.09. The third-order valence-corrected chi connectivity index (χ3v) is 0. The maximum Gasteiger partial charge on any atom is 0.273 e. The van der Waals surface area contributed by atoms with E-state index >= 15 is 0 Å². The van der Waals surface area contributed by atoms with Crippen LogP contribution in [0.3, 0.4) is 0 Å². The van der Waals surface area contributed by atoms with Crippen molar-refractivity contribution in [2.45, 2.75) is 0 Å². The van der Waals surface area contributed by atoms with Gasteiger partial charge in [-0.25, -0.2) is 0 Å². The number of rotatable bonds is 0. The molecule has 0 rings (SSSR count). The number of hydrogen-bond donors (Lipinski definition) is 2. The summed E-state index contributed by atoms with van der Waals surface area (Å²) < 4.78 is 0. The van der Waals surface area contributed by atoms with Crippen LogP contribution in [0.1, 0.15) is 0 Å². The van der Waals surface area contributed by atoms with Gasteiger partial charge in [-0.05, 0) is 0 Å². The first-order valence-electron chi connectivity index (χ1n) is 0.716. The molecule has 2 nitrogen and oxygen atoms in total. The van der Waals surface area contributed by atoms with Crippen LogP contribution in [0.5, 0.6) is 0 Å². The van der Waals surface area contributed by atoms with Crippen LogP contribution < -0.4 is 5.73 Å². The third kappa shape index (κ3) is 110. The van der Waals surface area contributed by atoms with Gasteiger partial charge in [-0.1, -0.05) is 12.6 Å². The minimum atomic E-state index is -0.639. The van der Waals surface area contributed by atoms with Gasteiger partial charge in [0.2, 0.25) is 0 Å². The minimum Gasteiger partial charge on any atom is -0.361 e. The molecule has 0 aromatic heterocycles. The number of thiol groups is 1. The molecule has 0 unspecified atom stereocenters. The first kappa shape index (κ1) is 9.10. The van der Waals surface area contributed by atoms with Crippen molar-refractivity contribution in [1.29, 1.82) is 0 Å². The van der Waals surface area contributed by atoms with E-state index in [0.29, 0.717) is 0 Å². The topological polar surface area (TPSA) is 43.1 Å². The minimum absolute atomic E-state index is 0.